The fraction of sp³-hybridized carbons (Fsp3) is 0.333. The molecule has 0 radical (unpaired) electrons. The summed E-state index contributed by atoms with van der Waals surface area (Å²) in [5.74, 6) is 0. The van der Waals surface area contributed by atoms with Gasteiger partial charge in [0.05, 0.1) is 0 Å². The second kappa shape index (κ2) is 2.79. The van der Waals surface area contributed by atoms with Crippen LogP contribution in [0.3, 0.4) is 0 Å². The molecule has 0 fully saturated rings. The van der Waals surface area contributed by atoms with Crippen LogP contribution in [0.2, 0.25) is 5.15 Å². The summed E-state index contributed by atoms with van der Waals surface area (Å²) in [4.78, 5) is 11.0. The molecule has 0 aliphatic rings. The predicted molar refractivity (Wildman–Crippen MR) is 46.5 cm³/mol. The van der Waals surface area contributed by atoms with Gasteiger partial charge in [-0.2, -0.15) is 0 Å². The first kappa shape index (κ1) is 8.49. The molecule has 0 aliphatic heterocycles. The highest BCUT2D eigenvalue weighted by Gasteiger charge is 1.98. The number of hydrogen-bond donors (Lipinski definition) is 0. The molecule has 0 saturated carbocycles. The van der Waals surface area contributed by atoms with E-state index in [1.54, 1.807) is 18.7 Å². The van der Waals surface area contributed by atoms with Crippen LogP contribution in [0.4, 0.5) is 0 Å². The third-order valence-electron chi connectivity index (χ3n) is 1.47. The molecule has 0 spiro atoms. The zero-order valence-corrected chi connectivity index (χ0v) is 7.74. The van der Waals surface area contributed by atoms with E-state index in [1.807, 2.05) is 0 Å². The molecule has 0 amide bonds. The largest absolute Gasteiger partial charge is 0.312 e. The van der Waals surface area contributed by atoms with Crippen LogP contribution in [0, 0.1) is 4.77 Å². The first-order chi connectivity index (χ1) is 5.04. The second-order valence-electron chi connectivity index (χ2n) is 2.21. The van der Waals surface area contributed by atoms with Gasteiger partial charge in [-0.3, -0.25) is 9.36 Å². The molecule has 60 valence electrons. The van der Waals surface area contributed by atoms with E-state index in [0.29, 0.717) is 9.92 Å². The lowest BCUT2D eigenvalue weighted by Gasteiger charge is -2.04. The van der Waals surface area contributed by atoms with Gasteiger partial charge >= 0.3 is 0 Å². The zero-order chi connectivity index (χ0) is 8.59. The quantitative estimate of drug-likeness (QED) is 0.453. The van der Waals surface area contributed by atoms with Crippen molar-refractivity contribution in [3.8, 4) is 0 Å². The van der Waals surface area contributed by atoms with E-state index in [0.717, 1.165) is 0 Å². The minimum atomic E-state index is -0.182. The van der Waals surface area contributed by atoms with E-state index in [9.17, 15) is 4.79 Å². The van der Waals surface area contributed by atoms with Gasteiger partial charge in [-0.05, 0) is 12.2 Å². The average molecular weight is 191 g/mol. The molecular formula is C6H7ClN2OS. The lowest BCUT2D eigenvalue weighted by molar-refractivity contribution is 0.718. The van der Waals surface area contributed by atoms with Crippen molar-refractivity contribution in [2.75, 3.05) is 0 Å². The van der Waals surface area contributed by atoms with Gasteiger partial charge in [0.25, 0.3) is 5.56 Å². The molecule has 1 aromatic rings. The van der Waals surface area contributed by atoms with Gasteiger partial charge in [0.2, 0.25) is 0 Å². The Labute approximate surface area is 73.8 Å². The molecule has 0 saturated heterocycles. The van der Waals surface area contributed by atoms with E-state index >= 15 is 0 Å². The topological polar surface area (TPSA) is 26.9 Å². The maximum atomic E-state index is 11.0. The lowest BCUT2D eigenvalue weighted by Crippen LogP contribution is -2.20. The van der Waals surface area contributed by atoms with E-state index < -0.39 is 0 Å². The average Bonchev–Trinajstić information content (AvgIpc) is 1.97. The van der Waals surface area contributed by atoms with Crippen LogP contribution in [0.1, 0.15) is 0 Å². The second-order valence-corrected chi connectivity index (χ2v) is 2.96. The van der Waals surface area contributed by atoms with Crippen molar-refractivity contribution in [2.24, 2.45) is 14.1 Å². The minimum Gasteiger partial charge on any atom is -0.312 e. The van der Waals surface area contributed by atoms with Crippen molar-refractivity contribution in [1.29, 1.82) is 0 Å². The Morgan fingerprint density at radius 3 is 2.55 bits per heavy atom. The summed E-state index contributed by atoms with van der Waals surface area (Å²) in [7, 11) is 3.32. The highest BCUT2D eigenvalue weighted by Crippen LogP contribution is 2.02. The Kier molecular flexibility index (Phi) is 2.15. The Balaban J connectivity index is 3.74. The monoisotopic (exact) mass is 190 g/mol. The zero-order valence-electron chi connectivity index (χ0n) is 6.17. The summed E-state index contributed by atoms with van der Waals surface area (Å²) in [6.45, 7) is 0. The van der Waals surface area contributed by atoms with Crippen molar-refractivity contribution in [2.45, 2.75) is 0 Å². The molecule has 0 aromatic carbocycles. The van der Waals surface area contributed by atoms with Crippen LogP contribution in [0.15, 0.2) is 10.9 Å². The third-order valence-corrected chi connectivity index (χ3v) is 2.38. The lowest BCUT2D eigenvalue weighted by atomic mass is 10.6. The van der Waals surface area contributed by atoms with E-state index in [4.69, 9.17) is 23.8 Å². The summed E-state index contributed by atoms with van der Waals surface area (Å²) >= 11 is 10.6. The van der Waals surface area contributed by atoms with Gasteiger partial charge in [-0.1, -0.05) is 11.6 Å². The summed E-state index contributed by atoms with van der Waals surface area (Å²) in [5, 5.41) is 0.359. The SMILES string of the molecule is Cn1c(Cl)cc(=O)n(C)c1=S. The van der Waals surface area contributed by atoms with Crippen LogP contribution >= 0.6 is 23.8 Å². The van der Waals surface area contributed by atoms with E-state index in [-0.39, 0.29) is 5.56 Å². The number of rotatable bonds is 0. The van der Waals surface area contributed by atoms with E-state index in [1.165, 1.54) is 10.6 Å². The smallest absolute Gasteiger partial charge is 0.255 e. The van der Waals surface area contributed by atoms with Gasteiger partial charge < -0.3 is 4.57 Å². The maximum absolute atomic E-state index is 11.0. The fourth-order valence-electron chi connectivity index (χ4n) is 0.706. The third kappa shape index (κ3) is 1.36. The molecule has 0 bridgehead atoms. The first-order valence-electron chi connectivity index (χ1n) is 2.96. The standard InChI is InChI=1S/C6H7ClN2OS/c1-8-4(7)3-5(10)9(2)6(8)11/h3H,1-2H3. The molecule has 1 aromatic heterocycles. The Hall–Kier alpha value is -0.610. The predicted octanol–water partition coefficient (Wildman–Crippen LogP) is 1.11. The van der Waals surface area contributed by atoms with Crippen molar-refractivity contribution in [1.82, 2.24) is 9.13 Å². The highest BCUT2D eigenvalue weighted by atomic mass is 35.5. The van der Waals surface area contributed by atoms with Crippen LogP contribution in [-0.2, 0) is 14.1 Å². The maximum Gasteiger partial charge on any atom is 0.255 e. The molecule has 0 N–H and O–H groups in total. The molecule has 3 nitrogen and oxygen atoms in total. The van der Waals surface area contributed by atoms with Crippen LogP contribution in [0.5, 0.6) is 0 Å². The Morgan fingerprint density at radius 2 is 2.00 bits per heavy atom. The van der Waals surface area contributed by atoms with Crippen molar-refractivity contribution < 1.29 is 0 Å². The van der Waals surface area contributed by atoms with Gasteiger partial charge in [-0.25, -0.2) is 0 Å². The van der Waals surface area contributed by atoms with Crippen molar-refractivity contribution >= 4 is 23.8 Å². The highest BCUT2D eigenvalue weighted by molar-refractivity contribution is 7.71. The van der Waals surface area contributed by atoms with Crippen LogP contribution in [0.25, 0.3) is 0 Å². The number of hydrogen-bond acceptors (Lipinski definition) is 2. The molecular weight excluding hydrogens is 184 g/mol. The van der Waals surface area contributed by atoms with Gasteiger partial charge in [-0.15, -0.1) is 0 Å². The molecule has 0 aliphatic carbocycles. The molecule has 0 unspecified atom stereocenters. The van der Waals surface area contributed by atoms with Crippen LogP contribution < -0.4 is 5.56 Å². The fourth-order valence-corrected chi connectivity index (χ4v) is 1.12. The van der Waals surface area contributed by atoms with Gasteiger partial charge in [0.15, 0.2) is 4.77 Å². The van der Waals surface area contributed by atoms with Gasteiger partial charge in [0.1, 0.15) is 5.15 Å². The molecule has 0 atom stereocenters. The van der Waals surface area contributed by atoms with Gasteiger partial charge in [0, 0.05) is 20.2 Å². The number of aromatic nitrogens is 2. The summed E-state index contributed by atoms with van der Waals surface area (Å²) in [6, 6.07) is 1.33. The molecule has 11 heavy (non-hydrogen) atoms. The Morgan fingerprint density at radius 1 is 1.45 bits per heavy atom. The summed E-state index contributed by atoms with van der Waals surface area (Å²) < 4.78 is 3.35. The normalized spacial score (nSPS) is 10.1. The first-order valence-corrected chi connectivity index (χ1v) is 3.75. The minimum absolute atomic E-state index is 0.182. The van der Waals surface area contributed by atoms with Crippen LogP contribution in [-0.4, -0.2) is 9.13 Å². The molecule has 5 heteroatoms. The molecule has 1 heterocycles. The summed E-state index contributed by atoms with van der Waals surface area (Å²) in [5.41, 5.74) is -0.182. The van der Waals surface area contributed by atoms with Crippen molar-refractivity contribution in [3.63, 3.8) is 0 Å². The Bertz CT molecular complexity index is 393. The van der Waals surface area contributed by atoms with E-state index in [2.05, 4.69) is 0 Å². The van der Waals surface area contributed by atoms with Crippen molar-refractivity contribution in [3.05, 3.63) is 26.3 Å². The number of nitrogens with zero attached hydrogens (tertiary/aromatic N) is 2. The molecule has 1 rings (SSSR count). The summed E-state index contributed by atoms with van der Waals surface area (Å²) in [6.07, 6.45) is 0. The number of halogens is 1.